The average Bonchev–Trinajstić information content (AvgIpc) is 3.75. The molecule has 1 atom stereocenters. The Morgan fingerprint density at radius 1 is 1.17 bits per heavy atom. The van der Waals surface area contributed by atoms with Crippen molar-refractivity contribution in [3.63, 3.8) is 0 Å². The first-order valence-corrected chi connectivity index (χ1v) is 16.2. The number of aromatic amines is 1. The first kappa shape index (κ1) is 32.5. The van der Waals surface area contributed by atoms with E-state index in [1.54, 1.807) is 13.0 Å². The second-order valence-electron chi connectivity index (χ2n) is 11.3. The molecular weight excluding hydrogens is 624 g/mol. The minimum absolute atomic E-state index is 0.0187. The first-order chi connectivity index (χ1) is 22.8. The van der Waals surface area contributed by atoms with Crippen LogP contribution in [0.15, 0.2) is 60.5 Å². The number of ether oxygens (including phenoxy) is 2. The number of carbonyl (C=O) groups excluding carboxylic acids is 1. The van der Waals surface area contributed by atoms with Crippen LogP contribution in [0.3, 0.4) is 0 Å². The molecule has 9 nitrogen and oxygen atoms in total. The molecule has 12 heteroatoms. The maximum absolute atomic E-state index is 16.0. The number of aliphatic hydroxyl groups excluding tert-OH is 1. The van der Waals surface area contributed by atoms with E-state index in [1.807, 2.05) is 17.5 Å². The summed E-state index contributed by atoms with van der Waals surface area (Å²) in [6.07, 6.45) is 2.07. The molecule has 5 aromatic rings. The molecule has 0 bridgehead atoms. The first-order valence-electron chi connectivity index (χ1n) is 15.3. The highest BCUT2D eigenvalue weighted by molar-refractivity contribution is 7.18. The minimum Gasteiger partial charge on any atom is -0.490 e. The summed E-state index contributed by atoms with van der Waals surface area (Å²) in [5, 5.41) is 22.6. The van der Waals surface area contributed by atoms with Crippen LogP contribution in [-0.4, -0.2) is 71.1 Å². The number of amides is 1. The minimum atomic E-state index is -0.803. The maximum atomic E-state index is 16.0. The number of fused-ring (bicyclic) bond motifs is 2. The third kappa shape index (κ3) is 6.68. The smallest absolute Gasteiger partial charge is 0.243 e. The van der Waals surface area contributed by atoms with Gasteiger partial charge in [0.15, 0.2) is 0 Å². The van der Waals surface area contributed by atoms with Crippen molar-refractivity contribution in [3.05, 3.63) is 89.0 Å². The lowest BCUT2D eigenvalue weighted by Crippen LogP contribution is -2.32. The van der Waals surface area contributed by atoms with Crippen molar-refractivity contribution in [2.24, 2.45) is 0 Å². The molecule has 1 aliphatic heterocycles. The molecule has 0 spiro atoms. The van der Waals surface area contributed by atoms with Gasteiger partial charge in [-0.05, 0) is 54.1 Å². The van der Waals surface area contributed by atoms with Crippen molar-refractivity contribution < 1.29 is 28.2 Å². The van der Waals surface area contributed by atoms with Crippen LogP contribution in [-0.2, 0) is 22.5 Å². The lowest BCUT2D eigenvalue weighted by Gasteiger charge is -2.28. The van der Waals surface area contributed by atoms with Crippen LogP contribution < -0.4 is 10.1 Å². The van der Waals surface area contributed by atoms with Crippen LogP contribution in [0.4, 0.5) is 8.78 Å². The molecule has 0 aliphatic carbocycles. The van der Waals surface area contributed by atoms with Gasteiger partial charge < -0.3 is 19.9 Å². The highest BCUT2D eigenvalue weighted by atomic mass is 32.1. The molecule has 4 heterocycles. The molecule has 0 radical (unpaired) electrons. The topological polar surface area (TPSA) is 113 Å². The number of halogens is 2. The van der Waals surface area contributed by atoms with E-state index in [-0.39, 0.29) is 37.0 Å². The van der Waals surface area contributed by atoms with Gasteiger partial charge in [0.2, 0.25) is 5.91 Å². The zero-order chi connectivity index (χ0) is 33.1. The Morgan fingerprint density at radius 3 is 2.81 bits per heavy atom. The predicted molar refractivity (Wildman–Crippen MR) is 178 cm³/mol. The van der Waals surface area contributed by atoms with Crippen molar-refractivity contribution in [1.29, 1.82) is 0 Å². The van der Waals surface area contributed by atoms with E-state index >= 15 is 4.39 Å². The second kappa shape index (κ2) is 14.1. The Labute approximate surface area is 274 Å². The molecular formula is C35H35F2N5O4S. The van der Waals surface area contributed by atoms with Crippen molar-refractivity contribution in [2.45, 2.75) is 25.9 Å². The highest BCUT2D eigenvalue weighted by Gasteiger charge is 2.27. The molecule has 1 aliphatic rings. The van der Waals surface area contributed by atoms with Crippen LogP contribution in [0.1, 0.15) is 29.8 Å². The molecule has 0 saturated carbocycles. The fourth-order valence-electron chi connectivity index (χ4n) is 5.93. The number of nitrogens with zero attached hydrogens (tertiary/aromatic N) is 3. The molecule has 244 valence electrons. The number of methoxy groups -OCH3 is 1. The quantitative estimate of drug-likeness (QED) is 0.111. The van der Waals surface area contributed by atoms with Gasteiger partial charge in [-0.25, -0.2) is 13.8 Å². The standard InChI is InChI=1S/C35H35F2N5O4S/c1-4-30(44)38-20(2)27-18-28(41-40-27)34-32(31-26(37)16-24(36)17-29(31)46-13-12-45-3)35-25(8-14-47-35)33(39-34)22-6-5-21-7-9-42(10-11-43)19-23(21)15-22/h4-6,8,14-18,20,43H,1,7,9-13,19H2,2-3H3,(H,38,44)(H,40,41). The Bertz CT molecular complexity index is 1940. The van der Waals surface area contributed by atoms with Gasteiger partial charge >= 0.3 is 0 Å². The lowest BCUT2D eigenvalue weighted by molar-refractivity contribution is -0.117. The Balaban J connectivity index is 1.57. The number of aliphatic hydroxyl groups is 1. The van der Waals surface area contributed by atoms with Crippen molar-refractivity contribution in [3.8, 4) is 39.5 Å². The SMILES string of the molecule is C=CC(=O)NC(C)c1cc(-c2nc(-c3ccc4c(c3)CN(CCO)CC4)c3ccsc3c2-c2c(F)cc(F)cc2OCCOC)n[nH]1. The summed E-state index contributed by atoms with van der Waals surface area (Å²) in [6.45, 7) is 7.90. The normalized spacial score (nSPS) is 13.8. The zero-order valence-corrected chi connectivity index (χ0v) is 26.9. The third-order valence-corrected chi connectivity index (χ3v) is 9.19. The van der Waals surface area contributed by atoms with Crippen molar-refractivity contribution in [1.82, 2.24) is 25.4 Å². The number of rotatable bonds is 12. The van der Waals surface area contributed by atoms with E-state index < -0.39 is 17.7 Å². The number of thiophene rings is 1. The van der Waals surface area contributed by atoms with Gasteiger partial charge in [0.25, 0.3) is 0 Å². The van der Waals surface area contributed by atoms with Gasteiger partial charge in [0.1, 0.15) is 35.4 Å². The maximum Gasteiger partial charge on any atom is 0.243 e. The number of benzene rings is 2. The third-order valence-electron chi connectivity index (χ3n) is 8.26. The second-order valence-corrected chi connectivity index (χ2v) is 12.2. The van der Waals surface area contributed by atoms with E-state index in [0.717, 1.165) is 46.3 Å². The molecule has 47 heavy (non-hydrogen) atoms. The summed E-state index contributed by atoms with van der Waals surface area (Å²) in [6, 6.07) is 11.6. The fraction of sp³-hybridized carbons (Fsp3) is 0.286. The zero-order valence-electron chi connectivity index (χ0n) is 26.1. The van der Waals surface area contributed by atoms with Crippen LogP contribution in [0.25, 0.3) is 43.9 Å². The Morgan fingerprint density at radius 2 is 2.02 bits per heavy atom. The summed E-state index contributed by atoms with van der Waals surface area (Å²) in [4.78, 5) is 19.4. The summed E-state index contributed by atoms with van der Waals surface area (Å²) in [5.41, 5.74) is 5.82. The number of β-amino-alcohol motifs (C(OH)–C–C–N with tert-alkyl or cyclic N) is 1. The summed E-state index contributed by atoms with van der Waals surface area (Å²) in [5.74, 6) is -1.90. The molecule has 1 unspecified atom stereocenters. The molecule has 6 rings (SSSR count). The van der Waals surface area contributed by atoms with Crippen LogP contribution in [0, 0.1) is 11.6 Å². The van der Waals surface area contributed by atoms with E-state index in [4.69, 9.17) is 14.5 Å². The number of H-pyrrole nitrogens is 1. The predicted octanol–water partition coefficient (Wildman–Crippen LogP) is 6.04. The van der Waals surface area contributed by atoms with E-state index in [2.05, 4.69) is 39.1 Å². The summed E-state index contributed by atoms with van der Waals surface area (Å²) < 4.78 is 42.3. The largest absolute Gasteiger partial charge is 0.490 e. The molecule has 0 saturated heterocycles. The molecule has 1 amide bonds. The van der Waals surface area contributed by atoms with Crippen molar-refractivity contribution >= 4 is 27.3 Å². The summed E-state index contributed by atoms with van der Waals surface area (Å²) in [7, 11) is 1.52. The lowest BCUT2D eigenvalue weighted by atomic mass is 9.93. The molecule has 2 aromatic carbocycles. The van der Waals surface area contributed by atoms with Gasteiger partial charge in [0.05, 0.1) is 36.2 Å². The van der Waals surface area contributed by atoms with Gasteiger partial charge in [-0.1, -0.05) is 18.7 Å². The van der Waals surface area contributed by atoms with E-state index in [1.165, 1.54) is 30.1 Å². The van der Waals surface area contributed by atoms with Gasteiger partial charge in [-0.15, -0.1) is 11.3 Å². The van der Waals surface area contributed by atoms with E-state index in [9.17, 15) is 14.3 Å². The monoisotopic (exact) mass is 659 g/mol. The molecule has 3 N–H and O–H groups in total. The Kier molecular flexibility index (Phi) is 9.73. The van der Waals surface area contributed by atoms with E-state index in [0.29, 0.717) is 41.4 Å². The number of aromatic nitrogens is 3. The highest BCUT2D eigenvalue weighted by Crippen LogP contribution is 2.47. The number of pyridine rings is 1. The van der Waals surface area contributed by atoms with Gasteiger partial charge in [-0.2, -0.15) is 5.10 Å². The number of hydrogen-bond acceptors (Lipinski definition) is 8. The fourth-order valence-corrected chi connectivity index (χ4v) is 6.88. The number of nitrogens with one attached hydrogen (secondary N) is 2. The van der Waals surface area contributed by atoms with Crippen molar-refractivity contribution in [2.75, 3.05) is 40.0 Å². The van der Waals surface area contributed by atoms with Crippen LogP contribution in [0.5, 0.6) is 5.75 Å². The number of carbonyl (C=O) groups is 1. The average molecular weight is 660 g/mol. The van der Waals surface area contributed by atoms with Gasteiger partial charge in [-0.3, -0.25) is 14.8 Å². The molecule has 0 fully saturated rings. The summed E-state index contributed by atoms with van der Waals surface area (Å²) >= 11 is 1.41. The van der Waals surface area contributed by atoms with Gasteiger partial charge in [0, 0.05) is 60.1 Å². The van der Waals surface area contributed by atoms with Crippen LogP contribution in [0.2, 0.25) is 0 Å². The molecule has 3 aromatic heterocycles. The Hall–Kier alpha value is -4.49. The van der Waals surface area contributed by atoms with Crippen LogP contribution >= 0.6 is 11.3 Å². The number of hydrogen-bond donors (Lipinski definition) is 3.